The van der Waals surface area contributed by atoms with Gasteiger partial charge in [0, 0.05) is 6.07 Å². The van der Waals surface area contributed by atoms with Gasteiger partial charge in [-0.3, -0.25) is 0 Å². The first-order chi connectivity index (χ1) is 9.56. The standard InChI is InChI=1S/C10H12ClN7OS/c1-2-3-19-8-16-7(11)17-10(18-8)20-9-14-5(12)4-6(13)15-9/h4H,2-3H2,1H3,(H4,12,13,14,15). The predicted molar refractivity (Wildman–Crippen MR) is 75.6 cm³/mol. The molecule has 0 aliphatic heterocycles. The number of nitrogens with two attached hydrogens (primary N) is 2. The highest BCUT2D eigenvalue weighted by molar-refractivity contribution is 7.99. The fourth-order valence-electron chi connectivity index (χ4n) is 1.21. The topological polar surface area (TPSA) is 126 Å². The molecule has 10 heteroatoms. The molecule has 0 aliphatic carbocycles. The van der Waals surface area contributed by atoms with E-state index in [0.717, 1.165) is 18.2 Å². The lowest BCUT2D eigenvalue weighted by atomic mass is 10.5. The summed E-state index contributed by atoms with van der Waals surface area (Å²) in [5, 5.41) is 0.665. The van der Waals surface area contributed by atoms with E-state index in [1.807, 2.05) is 6.92 Å². The number of rotatable bonds is 5. The molecule has 0 unspecified atom stereocenters. The Balaban J connectivity index is 2.21. The molecule has 106 valence electrons. The summed E-state index contributed by atoms with van der Waals surface area (Å²) in [6.07, 6.45) is 0.834. The Labute approximate surface area is 124 Å². The van der Waals surface area contributed by atoms with E-state index in [1.54, 1.807) is 0 Å². The summed E-state index contributed by atoms with van der Waals surface area (Å²) in [5.74, 6) is 0.533. The lowest BCUT2D eigenvalue weighted by Crippen LogP contribution is -2.03. The fourth-order valence-corrected chi connectivity index (χ4v) is 2.13. The van der Waals surface area contributed by atoms with Crippen LogP contribution in [0.15, 0.2) is 16.4 Å². The molecule has 2 heterocycles. The third-order valence-corrected chi connectivity index (χ3v) is 2.83. The summed E-state index contributed by atoms with van der Waals surface area (Å²) in [6.45, 7) is 2.47. The van der Waals surface area contributed by atoms with Crippen molar-refractivity contribution in [2.75, 3.05) is 18.1 Å². The molecule has 0 aliphatic rings. The summed E-state index contributed by atoms with van der Waals surface area (Å²) in [4.78, 5) is 20.0. The van der Waals surface area contributed by atoms with Crippen LogP contribution in [0.2, 0.25) is 5.28 Å². The lowest BCUT2D eigenvalue weighted by Gasteiger charge is -2.05. The molecule has 0 fully saturated rings. The first kappa shape index (κ1) is 14.5. The van der Waals surface area contributed by atoms with E-state index in [-0.39, 0.29) is 22.9 Å². The van der Waals surface area contributed by atoms with Crippen LogP contribution in [0.5, 0.6) is 6.01 Å². The van der Waals surface area contributed by atoms with Crippen LogP contribution in [-0.4, -0.2) is 31.5 Å². The van der Waals surface area contributed by atoms with Crippen LogP contribution >= 0.6 is 23.4 Å². The van der Waals surface area contributed by atoms with Crippen LogP contribution in [0.4, 0.5) is 11.6 Å². The van der Waals surface area contributed by atoms with Gasteiger partial charge in [0.05, 0.1) is 6.61 Å². The first-order valence-corrected chi connectivity index (χ1v) is 6.88. The maximum Gasteiger partial charge on any atom is 0.321 e. The number of hydrogen-bond donors (Lipinski definition) is 2. The van der Waals surface area contributed by atoms with Crippen LogP contribution in [0.1, 0.15) is 13.3 Å². The monoisotopic (exact) mass is 313 g/mol. The van der Waals surface area contributed by atoms with Gasteiger partial charge in [0.25, 0.3) is 0 Å². The zero-order valence-corrected chi connectivity index (χ0v) is 12.1. The van der Waals surface area contributed by atoms with Crippen LogP contribution in [-0.2, 0) is 0 Å². The Hall–Kier alpha value is -1.87. The number of nitrogens with zero attached hydrogens (tertiary/aromatic N) is 5. The Morgan fingerprint density at radius 2 is 1.75 bits per heavy atom. The molecule has 20 heavy (non-hydrogen) atoms. The molecule has 0 atom stereocenters. The van der Waals surface area contributed by atoms with Gasteiger partial charge >= 0.3 is 6.01 Å². The van der Waals surface area contributed by atoms with Gasteiger partial charge in [-0.2, -0.15) is 15.0 Å². The zero-order valence-electron chi connectivity index (χ0n) is 10.6. The lowest BCUT2D eigenvalue weighted by molar-refractivity contribution is 0.288. The summed E-state index contributed by atoms with van der Waals surface area (Å²) in [7, 11) is 0. The highest BCUT2D eigenvalue weighted by Crippen LogP contribution is 2.24. The summed E-state index contributed by atoms with van der Waals surface area (Å²) >= 11 is 6.88. The van der Waals surface area contributed by atoms with Gasteiger partial charge in [-0.25, -0.2) is 9.97 Å². The third kappa shape index (κ3) is 4.07. The van der Waals surface area contributed by atoms with E-state index in [2.05, 4.69) is 24.9 Å². The van der Waals surface area contributed by atoms with Crippen molar-refractivity contribution in [2.45, 2.75) is 23.7 Å². The normalized spacial score (nSPS) is 10.5. The van der Waals surface area contributed by atoms with Gasteiger partial charge in [-0.1, -0.05) is 6.92 Å². The number of anilines is 2. The molecule has 0 radical (unpaired) electrons. The molecule has 0 amide bonds. The van der Waals surface area contributed by atoms with Gasteiger partial charge in [0.1, 0.15) is 11.6 Å². The second-order valence-electron chi connectivity index (χ2n) is 3.62. The Morgan fingerprint density at radius 1 is 1.10 bits per heavy atom. The molecule has 2 aromatic rings. The van der Waals surface area contributed by atoms with Crippen LogP contribution in [0.3, 0.4) is 0 Å². The average Bonchev–Trinajstić information content (AvgIpc) is 2.34. The van der Waals surface area contributed by atoms with E-state index in [4.69, 9.17) is 27.8 Å². The average molecular weight is 314 g/mol. The number of aromatic nitrogens is 5. The van der Waals surface area contributed by atoms with Crippen molar-refractivity contribution in [3.63, 3.8) is 0 Å². The van der Waals surface area contributed by atoms with Gasteiger partial charge in [-0.15, -0.1) is 0 Å². The molecule has 0 aromatic carbocycles. The zero-order chi connectivity index (χ0) is 14.5. The van der Waals surface area contributed by atoms with Crippen molar-refractivity contribution < 1.29 is 4.74 Å². The smallest absolute Gasteiger partial charge is 0.321 e. The van der Waals surface area contributed by atoms with Crippen LogP contribution < -0.4 is 16.2 Å². The molecular weight excluding hydrogens is 302 g/mol. The first-order valence-electron chi connectivity index (χ1n) is 5.69. The Kier molecular flexibility index (Phi) is 4.74. The summed E-state index contributed by atoms with van der Waals surface area (Å²) in [5.41, 5.74) is 11.2. The Bertz CT molecular complexity index is 592. The predicted octanol–water partition coefficient (Wildman–Crippen LogP) is 1.42. The highest BCUT2D eigenvalue weighted by atomic mass is 35.5. The quantitative estimate of drug-likeness (QED) is 0.788. The molecule has 0 saturated heterocycles. The molecule has 4 N–H and O–H groups in total. The molecule has 2 aromatic heterocycles. The van der Waals surface area contributed by atoms with E-state index >= 15 is 0 Å². The molecule has 0 spiro atoms. The van der Waals surface area contributed by atoms with Crippen molar-refractivity contribution in [3.05, 3.63) is 11.3 Å². The summed E-state index contributed by atoms with van der Waals surface area (Å²) in [6, 6.07) is 1.62. The highest BCUT2D eigenvalue weighted by Gasteiger charge is 2.10. The number of nitrogen functional groups attached to an aromatic ring is 2. The maximum atomic E-state index is 5.81. The minimum absolute atomic E-state index is 0.0329. The van der Waals surface area contributed by atoms with E-state index < -0.39 is 0 Å². The van der Waals surface area contributed by atoms with Crippen molar-refractivity contribution in [1.29, 1.82) is 0 Å². The minimum Gasteiger partial charge on any atom is -0.463 e. The number of hydrogen-bond acceptors (Lipinski definition) is 9. The molecule has 0 saturated carbocycles. The van der Waals surface area contributed by atoms with Crippen molar-refractivity contribution >= 4 is 35.0 Å². The summed E-state index contributed by atoms with van der Waals surface area (Å²) < 4.78 is 5.31. The van der Waals surface area contributed by atoms with E-state index in [0.29, 0.717) is 16.9 Å². The van der Waals surface area contributed by atoms with E-state index in [1.165, 1.54) is 6.07 Å². The van der Waals surface area contributed by atoms with Gasteiger partial charge in [0.15, 0.2) is 5.16 Å². The van der Waals surface area contributed by atoms with Crippen molar-refractivity contribution in [3.8, 4) is 6.01 Å². The third-order valence-electron chi connectivity index (χ3n) is 1.93. The van der Waals surface area contributed by atoms with Gasteiger partial charge in [0.2, 0.25) is 10.4 Å². The van der Waals surface area contributed by atoms with Crippen molar-refractivity contribution in [2.24, 2.45) is 0 Å². The van der Waals surface area contributed by atoms with Crippen LogP contribution in [0.25, 0.3) is 0 Å². The largest absolute Gasteiger partial charge is 0.463 e. The van der Waals surface area contributed by atoms with E-state index in [9.17, 15) is 0 Å². The van der Waals surface area contributed by atoms with Gasteiger partial charge < -0.3 is 16.2 Å². The molecule has 0 bridgehead atoms. The maximum absolute atomic E-state index is 5.81. The second kappa shape index (κ2) is 6.53. The minimum atomic E-state index is 0.0329. The molecule has 2 rings (SSSR count). The second-order valence-corrected chi connectivity index (χ2v) is 4.89. The van der Waals surface area contributed by atoms with Gasteiger partial charge in [-0.05, 0) is 29.8 Å². The molecular formula is C10H12ClN7OS. The fraction of sp³-hybridized carbons (Fsp3) is 0.300. The van der Waals surface area contributed by atoms with Crippen molar-refractivity contribution in [1.82, 2.24) is 24.9 Å². The number of halogens is 1. The molecule has 8 nitrogen and oxygen atoms in total. The Morgan fingerprint density at radius 3 is 2.40 bits per heavy atom. The SMILES string of the molecule is CCCOc1nc(Cl)nc(Sc2nc(N)cc(N)n2)n1. The van der Waals surface area contributed by atoms with Crippen LogP contribution in [0, 0.1) is 0 Å². The number of ether oxygens (including phenoxy) is 1.